The predicted octanol–water partition coefficient (Wildman–Crippen LogP) is 2.77. The molecule has 2 aliphatic rings. The summed E-state index contributed by atoms with van der Waals surface area (Å²) in [7, 11) is 1.92. The Bertz CT molecular complexity index is 1280. The summed E-state index contributed by atoms with van der Waals surface area (Å²) >= 11 is 0. The van der Waals surface area contributed by atoms with Gasteiger partial charge in [0, 0.05) is 47.2 Å². The van der Waals surface area contributed by atoms with E-state index in [1.165, 1.54) is 5.56 Å². The van der Waals surface area contributed by atoms with Crippen LogP contribution in [0.25, 0.3) is 32.9 Å². The third-order valence-corrected chi connectivity index (χ3v) is 5.68. The van der Waals surface area contributed by atoms with Gasteiger partial charge in [-0.15, -0.1) is 0 Å². The molecule has 0 fully saturated rings. The van der Waals surface area contributed by atoms with E-state index in [0.717, 1.165) is 62.6 Å². The highest BCUT2D eigenvalue weighted by Crippen LogP contribution is 2.45. The molecule has 1 amide bonds. The van der Waals surface area contributed by atoms with Crippen LogP contribution in [-0.4, -0.2) is 25.8 Å². The zero-order chi connectivity index (χ0) is 17.6. The summed E-state index contributed by atoms with van der Waals surface area (Å²) in [6, 6.07) is 5.36. The molecule has 1 aliphatic carbocycles. The fourth-order valence-corrected chi connectivity index (χ4v) is 4.67. The van der Waals surface area contributed by atoms with Gasteiger partial charge in [-0.25, -0.2) is 0 Å². The van der Waals surface area contributed by atoms with Crippen molar-refractivity contribution in [2.75, 3.05) is 0 Å². The summed E-state index contributed by atoms with van der Waals surface area (Å²) in [6.07, 6.45) is 3.72. The number of fused-ring (bicyclic) bond motifs is 10. The number of aromatic nitrogens is 3. The Morgan fingerprint density at radius 2 is 2.08 bits per heavy atom. The summed E-state index contributed by atoms with van der Waals surface area (Å²) in [5, 5.41) is 19.6. The Morgan fingerprint density at radius 3 is 2.96 bits per heavy atom. The molecule has 1 aliphatic heterocycles. The molecule has 26 heavy (non-hydrogen) atoms. The molecular formula is C20H16N4O2. The van der Waals surface area contributed by atoms with Crippen molar-refractivity contribution in [1.29, 1.82) is 0 Å². The van der Waals surface area contributed by atoms with Crippen LogP contribution < -0.4 is 5.32 Å². The minimum Gasteiger partial charge on any atom is -0.508 e. The Hall–Kier alpha value is -3.28. The maximum Gasteiger partial charge on any atom is 0.252 e. The number of H-pyrrole nitrogens is 1. The van der Waals surface area contributed by atoms with Crippen LogP contribution in [0.4, 0.5) is 0 Å². The highest BCUT2D eigenvalue weighted by molar-refractivity contribution is 6.19. The number of carbonyl (C=O) groups is 1. The standard InChI is InChI=1S/C20H16N4O2/c1-24-8-13-15(23-24)5-3-10-16(13)18-12(7-21-20(18)26)17-11-6-9(25)2-4-14(11)22-19(10)17/h2,4,6,8,22,25H,3,5,7H2,1H3,(H,21,26). The first-order chi connectivity index (χ1) is 12.6. The van der Waals surface area contributed by atoms with Crippen molar-refractivity contribution in [2.24, 2.45) is 7.05 Å². The van der Waals surface area contributed by atoms with E-state index < -0.39 is 0 Å². The molecular weight excluding hydrogens is 328 g/mol. The normalized spacial score (nSPS) is 15.2. The molecule has 0 radical (unpaired) electrons. The SMILES string of the molecule is Cn1cc2c(n1)CCc1c-2c2c(c3c1[nH]c1ccc(O)cc13)CNC2=O. The lowest BCUT2D eigenvalue weighted by Gasteiger charge is -2.19. The van der Waals surface area contributed by atoms with Crippen LogP contribution in [0.15, 0.2) is 24.4 Å². The summed E-state index contributed by atoms with van der Waals surface area (Å²) in [6.45, 7) is 0.510. The zero-order valence-corrected chi connectivity index (χ0v) is 14.2. The van der Waals surface area contributed by atoms with Gasteiger partial charge in [-0.1, -0.05) is 0 Å². The molecule has 2 aromatic carbocycles. The van der Waals surface area contributed by atoms with Crippen LogP contribution in [-0.2, 0) is 26.4 Å². The van der Waals surface area contributed by atoms with Crippen LogP contribution in [0.1, 0.15) is 27.2 Å². The molecule has 6 rings (SSSR count). The molecule has 0 saturated heterocycles. The van der Waals surface area contributed by atoms with Crippen LogP contribution >= 0.6 is 0 Å². The average molecular weight is 344 g/mol. The lowest BCUT2D eigenvalue weighted by Crippen LogP contribution is -2.15. The molecule has 0 atom stereocenters. The minimum absolute atomic E-state index is 0.0237. The van der Waals surface area contributed by atoms with Gasteiger partial charge in [-0.3, -0.25) is 9.48 Å². The molecule has 0 spiro atoms. The zero-order valence-electron chi connectivity index (χ0n) is 14.2. The Morgan fingerprint density at radius 1 is 1.19 bits per heavy atom. The molecule has 2 aromatic heterocycles. The summed E-state index contributed by atoms with van der Waals surface area (Å²) < 4.78 is 1.83. The molecule has 3 N–H and O–H groups in total. The van der Waals surface area contributed by atoms with Gasteiger partial charge in [0.15, 0.2) is 0 Å². The van der Waals surface area contributed by atoms with E-state index in [1.807, 2.05) is 24.0 Å². The first-order valence-corrected chi connectivity index (χ1v) is 8.75. The van der Waals surface area contributed by atoms with E-state index in [0.29, 0.717) is 6.54 Å². The lowest BCUT2D eigenvalue weighted by atomic mass is 9.83. The van der Waals surface area contributed by atoms with Crippen molar-refractivity contribution in [3.8, 4) is 16.9 Å². The monoisotopic (exact) mass is 344 g/mol. The third kappa shape index (κ3) is 1.57. The Kier molecular flexibility index (Phi) is 2.39. The van der Waals surface area contributed by atoms with Crippen molar-refractivity contribution >= 4 is 27.7 Å². The predicted molar refractivity (Wildman–Crippen MR) is 98.2 cm³/mol. The third-order valence-electron chi connectivity index (χ3n) is 5.68. The quantitative estimate of drug-likeness (QED) is 0.459. The second-order valence-corrected chi connectivity index (χ2v) is 7.16. The van der Waals surface area contributed by atoms with Gasteiger partial charge in [-0.05, 0) is 42.2 Å². The number of phenolic OH excluding ortho intramolecular Hbond substituents is 1. The number of phenols is 1. The number of rotatable bonds is 0. The number of nitrogens with one attached hydrogen (secondary N) is 2. The summed E-state index contributed by atoms with van der Waals surface area (Å²) in [5.74, 6) is 0.209. The Labute approximate surface area is 148 Å². The smallest absolute Gasteiger partial charge is 0.252 e. The van der Waals surface area contributed by atoms with Crippen LogP contribution in [0, 0.1) is 0 Å². The highest BCUT2D eigenvalue weighted by atomic mass is 16.3. The van der Waals surface area contributed by atoms with Gasteiger partial charge < -0.3 is 15.4 Å². The van der Waals surface area contributed by atoms with Gasteiger partial charge in [0.05, 0.1) is 16.8 Å². The topological polar surface area (TPSA) is 82.9 Å². The summed E-state index contributed by atoms with van der Waals surface area (Å²) in [5.41, 5.74) is 8.14. The average Bonchev–Trinajstić information content (AvgIpc) is 3.28. The number of hydrogen-bond donors (Lipinski definition) is 3. The number of carbonyl (C=O) groups excluding carboxylic acids is 1. The van der Waals surface area contributed by atoms with Crippen molar-refractivity contribution in [3.05, 3.63) is 46.8 Å². The second-order valence-electron chi connectivity index (χ2n) is 7.16. The van der Waals surface area contributed by atoms with E-state index in [1.54, 1.807) is 12.1 Å². The van der Waals surface area contributed by atoms with Gasteiger partial charge in [0.1, 0.15) is 5.75 Å². The molecule has 4 aromatic rings. The maximum atomic E-state index is 12.7. The van der Waals surface area contributed by atoms with E-state index in [4.69, 9.17) is 0 Å². The first kappa shape index (κ1) is 13.9. The Balaban J connectivity index is 1.86. The lowest BCUT2D eigenvalue weighted by molar-refractivity contribution is 0.0966. The van der Waals surface area contributed by atoms with E-state index >= 15 is 0 Å². The minimum atomic E-state index is -0.0237. The second kappa shape index (κ2) is 4.46. The van der Waals surface area contributed by atoms with Crippen LogP contribution in [0.5, 0.6) is 5.75 Å². The highest BCUT2D eigenvalue weighted by Gasteiger charge is 2.34. The van der Waals surface area contributed by atoms with Gasteiger partial charge in [-0.2, -0.15) is 5.10 Å². The van der Waals surface area contributed by atoms with E-state index in [9.17, 15) is 9.90 Å². The fraction of sp³-hybridized carbons (Fsp3) is 0.200. The molecule has 6 nitrogen and oxygen atoms in total. The number of aryl methyl sites for hydroxylation is 3. The molecule has 0 unspecified atom stereocenters. The number of hydrogen-bond acceptors (Lipinski definition) is 3. The first-order valence-electron chi connectivity index (χ1n) is 8.75. The number of nitrogens with zero attached hydrogens (tertiary/aromatic N) is 2. The largest absolute Gasteiger partial charge is 0.508 e. The molecule has 128 valence electrons. The number of aromatic hydroxyl groups is 1. The van der Waals surface area contributed by atoms with Crippen molar-refractivity contribution in [2.45, 2.75) is 19.4 Å². The number of amides is 1. The molecule has 0 bridgehead atoms. The fourth-order valence-electron chi connectivity index (χ4n) is 4.67. The van der Waals surface area contributed by atoms with Gasteiger partial charge >= 0.3 is 0 Å². The van der Waals surface area contributed by atoms with Gasteiger partial charge in [0.25, 0.3) is 5.91 Å². The maximum absolute atomic E-state index is 12.7. The van der Waals surface area contributed by atoms with Crippen molar-refractivity contribution < 1.29 is 9.90 Å². The molecule has 0 saturated carbocycles. The van der Waals surface area contributed by atoms with E-state index in [2.05, 4.69) is 15.4 Å². The molecule has 6 heteroatoms. The van der Waals surface area contributed by atoms with Crippen molar-refractivity contribution in [1.82, 2.24) is 20.1 Å². The van der Waals surface area contributed by atoms with Gasteiger partial charge in [0.2, 0.25) is 0 Å². The van der Waals surface area contributed by atoms with Crippen LogP contribution in [0.2, 0.25) is 0 Å². The number of benzene rings is 2. The number of aromatic amines is 1. The van der Waals surface area contributed by atoms with Crippen molar-refractivity contribution in [3.63, 3.8) is 0 Å². The van der Waals surface area contributed by atoms with E-state index in [-0.39, 0.29) is 11.7 Å². The molecule has 3 heterocycles. The summed E-state index contributed by atoms with van der Waals surface area (Å²) in [4.78, 5) is 16.3. The van der Waals surface area contributed by atoms with Crippen LogP contribution in [0.3, 0.4) is 0 Å².